The van der Waals surface area contributed by atoms with Gasteiger partial charge >= 0.3 is 0 Å². The van der Waals surface area contributed by atoms with Gasteiger partial charge in [0.15, 0.2) is 5.65 Å². The molecule has 1 aliphatic heterocycles. The van der Waals surface area contributed by atoms with Gasteiger partial charge in [-0.2, -0.15) is 0 Å². The van der Waals surface area contributed by atoms with E-state index in [0.717, 1.165) is 46.5 Å². The average Bonchev–Trinajstić information content (AvgIpc) is 3.35. The molecular formula is C26H34N6. The molecule has 0 unspecified atom stereocenters. The molecule has 2 fully saturated rings. The van der Waals surface area contributed by atoms with E-state index >= 15 is 0 Å². The third-order valence-electron chi connectivity index (χ3n) is 7.36. The van der Waals surface area contributed by atoms with Crippen LogP contribution in [-0.2, 0) is 6.54 Å². The number of aromatic amines is 2. The minimum atomic E-state index is 0. The Morgan fingerprint density at radius 3 is 2.75 bits per heavy atom. The van der Waals surface area contributed by atoms with E-state index in [0.29, 0.717) is 11.5 Å². The second-order valence-corrected chi connectivity index (χ2v) is 9.55. The Balaban J connectivity index is 0.00000216. The summed E-state index contributed by atoms with van der Waals surface area (Å²) in [6.45, 7) is 5.50. The maximum absolute atomic E-state index is 6.06. The Morgan fingerprint density at radius 2 is 1.88 bits per heavy atom. The van der Waals surface area contributed by atoms with Crippen LogP contribution < -0.4 is 5.73 Å². The Kier molecular flexibility index (Phi) is 5.41. The van der Waals surface area contributed by atoms with Crippen molar-refractivity contribution < 1.29 is 0 Å². The first kappa shape index (κ1) is 21.0. The molecule has 0 bridgehead atoms. The largest absolute Gasteiger partial charge is 0.384 e. The Morgan fingerprint density at radius 1 is 1.03 bits per heavy atom. The van der Waals surface area contributed by atoms with E-state index < -0.39 is 0 Å². The maximum Gasteiger partial charge on any atom is 0.180 e. The molecule has 6 nitrogen and oxygen atoms in total. The van der Waals surface area contributed by atoms with E-state index in [4.69, 9.17) is 5.73 Å². The van der Waals surface area contributed by atoms with Crippen LogP contribution in [0.5, 0.6) is 0 Å². The minimum Gasteiger partial charge on any atom is -0.384 e. The third-order valence-corrected chi connectivity index (χ3v) is 7.36. The van der Waals surface area contributed by atoms with Crippen LogP contribution in [-0.4, -0.2) is 37.9 Å². The molecule has 2 atom stereocenters. The molecule has 1 aliphatic carbocycles. The van der Waals surface area contributed by atoms with Crippen molar-refractivity contribution >= 4 is 27.9 Å². The first-order valence-electron chi connectivity index (χ1n) is 11.6. The number of benzene rings is 1. The molecule has 4 heterocycles. The highest BCUT2D eigenvalue weighted by Gasteiger charge is 2.30. The zero-order valence-corrected chi connectivity index (χ0v) is 18.1. The summed E-state index contributed by atoms with van der Waals surface area (Å²) in [6, 6.07) is 11.0. The lowest BCUT2D eigenvalue weighted by Gasteiger charge is -2.41. The smallest absolute Gasteiger partial charge is 0.180 e. The van der Waals surface area contributed by atoms with Crippen LogP contribution in [0, 0.1) is 18.8 Å². The number of anilines is 1. The molecule has 168 valence electrons. The molecule has 1 aromatic carbocycles. The van der Waals surface area contributed by atoms with Gasteiger partial charge < -0.3 is 15.7 Å². The lowest BCUT2D eigenvalue weighted by molar-refractivity contribution is 0.0821. The number of aromatic nitrogens is 4. The highest BCUT2D eigenvalue weighted by Crippen LogP contribution is 2.37. The molecule has 4 N–H and O–H groups in total. The Labute approximate surface area is 189 Å². The van der Waals surface area contributed by atoms with Gasteiger partial charge in [0, 0.05) is 35.2 Å². The topological polar surface area (TPSA) is 86.6 Å². The number of pyridine rings is 1. The first-order valence-corrected chi connectivity index (χ1v) is 11.6. The summed E-state index contributed by atoms with van der Waals surface area (Å²) in [6.07, 6.45) is 7.14. The van der Waals surface area contributed by atoms with Crippen LogP contribution in [0.1, 0.15) is 50.9 Å². The molecule has 2 aliphatic rings. The zero-order valence-electron chi connectivity index (χ0n) is 18.1. The highest BCUT2D eigenvalue weighted by atomic mass is 15.1. The molecule has 4 aromatic rings. The van der Waals surface area contributed by atoms with Crippen molar-refractivity contribution in [1.82, 2.24) is 24.8 Å². The fourth-order valence-corrected chi connectivity index (χ4v) is 5.84. The van der Waals surface area contributed by atoms with E-state index in [1.54, 1.807) is 0 Å². The fourth-order valence-electron chi connectivity index (χ4n) is 5.84. The van der Waals surface area contributed by atoms with Gasteiger partial charge in [0.05, 0.1) is 5.52 Å². The van der Waals surface area contributed by atoms with Crippen molar-refractivity contribution in [2.75, 3.05) is 18.8 Å². The van der Waals surface area contributed by atoms with Gasteiger partial charge in [-0.3, -0.25) is 4.90 Å². The molecule has 1 saturated heterocycles. The fraction of sp³-hybridized carbons (Fsp3) is 0.462. The van der Waals surface area contributed by atoms with E-state index in [9.17, 15) is 0 Å². The summed E-state index contributed by atoms with van der Waals surface area (Å²) >= 11 is 0. The van der Waals surface area contributed by atoms with Crippen molar-refractivity contribution in [2.24, 2.45) is 11.8 Å². The minimum absolute atomic E-state index is 0. The molecule has 6 heteroatoms. The molecule has 32 heavy (non-hydrogen) atoms. The van der Waals surface area contributed by atoms with Crippen LogP contribution in [0.15, 0.2) is 30.3 Å². The Bertz CT molecular complexity index is 1250. The van der Waals surface area contributed by atoms with E-state index in [1.165, 1.54) is 56.1 Å². The lowest BCUT2D eigenvalue weighted by Crippen LogP contribution is -2.41. The number of H-pyrrole nitrogens is 2. The maximum atomic E-state index is 6.06. The first-order chi connectivity index (χ1) is 15.1. The van der Waals surface area contributed by atoms with Crippen LogP contribution >= 0.6 is 0 Å². The molecule has 1 saturated carbocycles. The number of nitrogen functional groups attached to an aromatic ring is 1. The van der Waals surface area contributed by atoms with Gasteiger partial charge in [-0.1, -0.05) is 32.8 Å². The van der Waals surface area contributed by atoms with Gasteiger partial charge in [-0.15, -0.1) is 0 Å². The van der Waals surface area contributed by atoms with E-state index in [2.05, 4.69) is 49.1 Å². The SMILES string of the molecule is C.Cc1nc2nc(N)cc(-c3cc4cc(CN5CC[C@@H]6CCCC[C@@H]6C5)ccc4[nH]3)c2[nH]1. The summed E-state index contributed by atoms with van der Waals surface area (Å²) in [5.41, 5.74) is 12.2. The van der Waals surface area contributed by atoms with Crippen LogP contribution in [0.3, 0.4) is 0 Å². The molecule has 3 aromatic heterocycles. The molecule has 0 spiro atoms. The van der Waals surface area contributed by atoms with Crippen LogP contribution in [0.2, 0.25) is 0 Å². The number of hydrogen-bond acceptors (Lipinski definition) is 4. The van der Waals surface area contributed by atoms with Crippen molar-refractivity contribution in [1.29, 1.82) is 0 Å². The lowest BCUT2D eigenvalue weighted by atomic mass is 9.75. The summed E-state index contributed by atoms with van der Waals surface area (Å²) in [7, 11) is 0. The van der Waals surface area contributed by atoms with Gasteiger partial charge in [0.25, 0.3) is 0 Å². The number of nitrogens with one attached hydrogen (secondary N) is 2. The molecule has 0 amide bonds. The summed E-state index contributed by atoms with van der Waals surface area (Å²) in [4.78, 5) is 18.4. The normalized spacial score (nSPS) is 21.5. The van der Waals surface area contributed by atoms with Crippen molar-refractivity contribution in [3.63, 3.8) is 0 Å². The molecular weight excluding hydrogens is 396 g/mol. The standard InChI is InChI=1S/C25H30N6.CH4/c1-15-27-24-20(12-23(26)30-25(24)28-15)22-11-19-10-16(6-7-21(19)29-22)13-31-9-8-17-4-2-3-5-18(17)14-31;/h6-7,10-12,17-18,29H,2-5,8-9,13-14H2,1H3,(H3,26,27,28,30);1H4/t17-,18+;/m0./s1. The summed E-state index contributed by atoms with van der Waals surface area (Å²) in [5.74, 6) is 3.23. The quantitative estimate of drug-likeness (QED) is 0.392. The number of imidazole rings is 1. The molecule has 0 radical (unpaired) electrons. The number of nitrogens with two attached hydrogens (primary N) is 1. The van der Waals surface area contributed by atoms with Gasteiger partial charge in [0.1, 0.15) is 11.6 Å². The van der Waals surface area contributed by atoms with Crippen molar-refractivity contribution in [3.05, 3.63) is 41.7 Å². The average molecular weight is 431 g/mol. The van der Waals surface area contributed by atoms with Crippen LogP contribution in [0.4, 0.5) is 5.82 Å². The predicted molar refractivity (Wildman–Crippen MR) is 132 cm³/mol. The van der Waals surface area contributed by atoms with Gasteiger partial charge in [-0.25, -0.2) is 9.97 Å². The number of likely N-dealkylation sites (tertiary alicyclic amines) is 1. The number of piperidine rings is 1. The second kappa shape index (κ2) is 8.24. The summed E-state index contributed by atoms with van der Waals surface area (Å²) < 4.78 is 0. The monoisotopic (exact) mass is 430 g/mol. The summed E-state index contributed by atoms with van der Waals surface area (Å²) in [5, 5.41) is 1.24. The third kappa shape index (κ3) is 3.77. The second-order valence-electron chi connectivity index (χ2n) is 9.55. The predicted octanol–water partition coefficient (Wildman–Crippen LogP) is 5.65. The van der Waals surface area contributed by atoms with E-state index in [-0.39, 0.29) is 7.43 Å². The number of aryl methyl sites for hydroxylation is 1. The van der Waals surface area contributed by atoms with Crippen LogP contribution in [0.25, 0.3) is 33.3 Å². The number of rotatable bonds is 3. The van der Waals surface area contributed by atoms with Crippen molar-refractivity contribution in [2.45, 2.75) is 53.0 Å². The molecule has 6 rings (SSSR count). The van der Waals surface area contributed by atoms with Crippen molar-refractivity contribution in [3.8, 4) is 11.3 Å². The number of hydrogen-bond donors (Lipinski definition) is 3. The Hall–Kier alpha value is -2.86. The zero-order chi connectivity index (χ0) is 20.9. The number of fused-ring (bicyclic) bond motifs is 3. The van der Waals surface area contributed by atoms with Gasteiger partial charge in [-0.05, 0) is 68.0 Å². The van der Waals surface area contributed by atoms with Gasteiger partial charge in [0.2, 0.25) is 0 Å². The number of nitrogens with zero attached hydrogens (tertiary/aromatic N) is 3. The highest BCUT2D eigenvalue weighted by molar-refractivity contribution is 5.95. The van der Waals surface area contributed by atoms with E-state index in [1.807, 2.05) is 13.0 Å².